The van der Waals surface area contributed by atoms with Gasteiger partial charge in [-0.05, 0) is 0 Å². The van der Waals surface area contributed by atoms with Crippen molar-refractivity contribution < 1.29 is 59.4 Å². The summed E-state index contributed by atoms with van der Waals surface area (Å²) in [6, 6.07) is 0. The van der Waals surface area contributed by atoms with Gasteiger partial charge in [-0.2, -0.15) is 0 Å². The average Bonchev–Trinajstić information content (AvgIpc) is 2.18. The molecule has 14 heteroatoms. The zero-order valence-corrected chi connectivity index (χ0v) is 10.6. The van der Waals surface area contributed by atoms with E-state index in [1.165, 1.54) is 0 Å². The van der Waals surface area contributed by atoms with E-state index in [9.17, 15) is 0 Å². The minimum absolute atomic E-state index is 0. The third kappa shape index (κ3) is 36.1. The maximum atomic E-state index is 8.93. The van der Waals surface area contributed by atoms with Gasteiger partial charge >= 0.3 is 19.8 Å². The molecule has 0 spiro atoms. The van der Waals surface area contributed by atoms with Crippen LogP contribution in [0.15, 0.2) is 0 Å². The van der Waals surface area contributed by atoms with Gasteiger partial charge in [-0.3, -0.25) is 0 Å². The number of rotatable bonds is 0. The van der Waals surface area contributed by atoms with Gasteiger partial charge in [-0.1, -0.05) is 0 Å². The predicted molar refractivity (Wildman–Crippen MR) is 43.9 cm³/mol. The first-order valence-corrected chi connectivity index (χ1v) is 3.20. The summed E-state index contributed by atoms with van der Waals surface area (Å²) in [4.78, 5) is 53.6. The summed E-state index contributed by atoms with van der Waals surface area (Å²) in [5.74, 6) is -13.1. The number of hydrogen-bond donors (Lipinski definition) is 0. The van der Waals surface area contributed by atoms with Crippen LogP contribution in [0.5, 0.6) is 0 Å². The van der Waals surface area contributed by atoms with Crippen molar-refractivity contribution in [1.29, 1.82) is 0 Å². The van der Waals surface area contributed by atoms with Gasteiger partial charge in [-0.15, -0.1) is 0 Å². The summed E-state index contributed by atoms with van der Waals surface area (Å²) in [6.45, 7) is 0. The van der Waals surface area contributed by atoms with Crippen molar-refractivity contribution in [2.75, 3.05) is 0 Å². The Morgan fingerprint density at radius 3 is 0.400 bits per heavy atom. The summed E-state index contributed by atoms with van der Waals surface area (Å²) in [7, 11) is 0. The molecule has 0 atom stereocenters. The summed E-state index contributed by atoms with van der Waals surface area (Å²) < 4.78 is 0. The Morgan fingerprint density at radius 2 is 0.400 bits per heavy atom. The molecule has 0 saturated carbocycles. The number of carboxylic acid groups (broad SMARTS) is 6. The Morgan fingerprint density at radius 1 is 0.350 bits per heavy atom. The molecule has 0 bridgehead atoms. The summed E-state index contributed by atoms with van der Waals surface area (Å²) in [5, 5.41) is 53.6. The minimum Gasteiger partial charge on any atom is -0.543 e. The minimum atomic E-state index is -2.19. The molecule has 20 heavy (non-hydrogen) atoms. The van der Waals surface area contributed by atoms with Crippen LogP contribution in [-0.2, 0) is 28.8 Å². The topological polar surface area (TPSA) is 241 Å². The number of carboxylic acids is 6. The van der Waals surface area contributed by atoms with Gasteiger partial charge in [0.1, 0.15) is 0 Å². The van der Waals surface area contributed by atoms with Crippen molar-refractivity contribution >= 4 is 55.6 Å². The van der Waals surface area contributed by atoms with Crippen LogP contribution in [0.25, 0.3) is 0 Å². The zero-order valence-electron chi connectivity index (χ0n) is 8.79. The molecule has 12 nitrogen and oxygen atoms in total. The van der Waals surface area contributed by atoms with Crippen molar-refractivity contribution in [3.05, 3.63) is 0 Å². The predicted octanol–water partition coefficient (Wildman–Crippen LogP) is -8.82. The molecule has 0 rings (SSSR count). The van der Waals surface area contributed by atoms with Crippen LogP contribution in [0.3, 0.4) is 0 Å². The van der Waals surface area contributed by atoms with Crippen molar-refractivity contribution in [3.63, 3.8) is 0 Å². The molecule has 0 fully saturated rings. The number of hydrogen-bond acceptors (Lipinski definition) is 12. The van der Waals surface area contributed by atoms with Crippen LogP contribution in [-0.4, -0.2) is 35.8 Å². The molecule has 0 aliphatic carbocycles. The molecule has 4 radical (unpaired) electrons. The number of carbonyl (C=O) groups is 6. The third-order valence-corrected chi connectivity index (χ3v) is 0.500. The molecule has 0 unspecified atom stereocenters. The summed E-state index contributed by atoms with van der Waals surface area (Å²) in [5.41, 5.74) is 0. The van der Waals surface area contributed by atoms with E-state index in [2.05, 4.69) is 0 Å². The Balaban J connectivity index is -0.0000000536. The number of aliphatic carboxylic acids is 6. The molecule has 0 aromatic rings. The van der Waals surface area contributed by atoms with Crippen molar-refractivity contribution in [2.24, 2.45) is 0 Å². The van der Waals surface area contributed by atoms with E-state index in [0.717, 1.165) is 0 Å². The average molecular weight is 326 g/mol. The molecule has 0 aliphatic heterocycles. The van der Waals surface area contributed by atoms with Crippen LogP contribution in [0.4, 0.5) is 0 Å². The molecule has 0 N–H and O–H groups in total. The van der Waals surface area contributed by atoms with Crippen molar-refractivity contribution in [1.82, 2.24) is 0 Å². The fraction of sp³-hybridized carbons (Fsp3) is 0. The third-order valence-electron chi connectivity index (χ3n) is 0.500. The monoisotopic (exact) mass is 326 g/mol. The van der Waals surface area contributed by atoms with E-state index in [1.807, 2.05) is 0 Å². The van der Waals surface area contributed by atoms with E-state index in [4.69, 9.17) is 59.4 Å². The van der Waals surface area contributed by atoms with Crippen LogP contribution < -0.4 is 30.6 Å². The first-order valence-electron chi connectivity index (χ1n) is 3.20. The summed E-state index contributed by atoms with van der Waals surface area (Å²) in [6.07, 6.45) is 0. The molecular weight excluding hydrogens is 326 g/mol. The molecule has 0 amide bonds. The molecule has 0 aromatic heterocycles. The molecule has 0 saturated heterocycles. The van der Waals surface area contributed by atoms with Crippen molar-refractivity contribution in [2.45, 2.75) is 0 Å². The molecule has 0 aromatic carbocycles. The molecule has 0 heterocycles. The van der Waals surface area contributed by atoms with Gasteiger partial charge in [0.15, 0.2) is 0 Å². The Kier molecular flexibility index (Phi) is 25.5. The summed E-state index contributed by atoms with van der Waals surface area (Å²) >= 11 is 0. The second-order valence-electron chi connectivity index (χ2n) is 1.72. The van der Waals surface area contributed by atoms with Crippen molar-refractivity contribution in [3.8, 4) is 0 Å². The maximum Gasteiger partial charge on any atom is 3.00 e. The van der Waals surface area contributed by atoms with Gasteiger partial charge in [0.25, 0.3) is 0 Å². The molecular formula is C6O12P2. The van der Waals surface area contributed by atoms with E-state index in [1.54, 1.807) is 0 Å². The van der Waals surface area contributed by atoms with Crippen LogP contribution in [0, 0.1) is 0 Å². The van der Waals surface area contributed by atoms with Gasteiger partial charge in [0.05, 0.1) is 35.8 Å². The fourth-order valence-corrected chi connectivity index (χ4v) is 0. The standard InChI is InChI=1S/3C2H2O4.2P/c3*3-1(4)2(5)6;;/h3*(H,3,4)(H,5,6);;/q;;;2*+3/p-6. The van der Waals surface area contributed by atoms with Gasteiger partial charge in [-0.25, -0.2) is 0 Å². The Labute approximate surface area is 116 Å². The smallest absolute Gasteiger partial charge is 0.543 e. The van der Waals surface area contributed by atoms with Crippen LogP contribution >= 0.6 is 19.8 Å². The maximum absolute atomic E-state index is 8.93. The van der Waals surface area contributed by atoms with Gasteiger partial charge in [0.2, 0.25) is 0 Å². The second-order valence-corrected chi connectivity index (χ2v) is 1.72. The van der Waals surface area contributed by atoms with Crippen LogP contribution in [0.1, 0.15) is 0 Å². The van der Waals surface area contributed by atoms with E-state index in [0.29, 0.717) is 0 Å². The first-order chi connectivity index (χ1) is 7.93. The number of carbonyl (C=O) groups excluding carboxylic acids is 6. The SMILES string of the molecule is O=C([O-])C(=O)[O-].O=C([O-])C(=O)[O-].O=C([O-])C(=O)[O-].[P+3].[P+3]. The largest absolute Gasteiger partial charge is 3.00 e. The van der Waals surface area contributed by atoms with Crippen LogP contribution in [0.2, 0.25) is 0 Å². The fourth-order valence-electron chi connectivity index (χ4n) is 0. The molecule has 106 valence electrons. The normalized spacial score (nSPS) is 6.60. The Hall–Kier alpha value is -2.32. The Bertz CT molecular complexity index is 281. The van der Waals surface area contributed by atoms with E-state index < -0.39 is 35.8 Å². The zero-order chi connectivity index (χ0) is 15.5. The van der Waals surface area contributed by atoms with E-state index >= 15 is 0 Å². The molecule has 0 aliphatic rings. The second kappa shape index (κ2) is 16.7. The van der Waals surface area contributed by atoms with E-state index in [-0.39, 0.29) is 19.8 Å². The first kappa shape index (κ1) is 30.6. The quantitative estimate of drug-likeness (QED) is 0.297. The van der Waals surface area contributed by atoms with Gasteiger partial charge < -0.3 is 59.4 Å². The van der Waals surface area contributed by atoms with Gasteiger partial charge in [0, 0.05) is 0 Å².